The Hall–Kier alpha value is -2.83. The molecule has 0 bridgehead atoms. The van der Waals surface area contributed by atoms with Gasteiger partial charge in [-0.3, -0.25) is 10.1 Å². The molecule has 27 heavy (non-hydrogen) atoms. The summed E-state index contributed by atoms with van der Waals surface area (Å²) in [5.41, 5.74) is 3.30. The molecule has 3 N–H and O–H groups in total. The Labute approximate surface area is 169 Å². The number of H-pyrrole nitrogens is 1. The molecule has 1 aliphatic heterocycles. The Balaban J connectivity index is 0.00000131. The van der Waals surface area contributed by atoms with E-state index in [9.17, 15) is 4.79 Å². The molecule has 0 saturated heterocycles. The van der Waals surface area contributed by atoms with Crippen molar-refractivity contribution >= 4 is 53.8 Å². The number of nitrogens with zero attached hydrogens (tertiary/aromatic N) is 2. The lowest BCUT2D eigenvalue weighted by Crippen LogP contribution is -2.37. The van der Waals surface area contributed by atoms with Gasteiger partial charge in [-0.2, -0.15) is 0 Å². The molecule has 0 aliphatic carbocycles. The van der Waals surface area contributed by atoms with Crippen LogP contribution >= 0.6 is 24.8 Å². The first-order valence-electron chi connectivity index (χ1n) is 8.11. The minimum atomic E-state index is -0.208. The van der Waals surface area contributed by atoms with Crippen LogP contribution in [-0.4, -0.2) is 28.4 Å². The second kappa shape index (κ2) is 9.21. The van der Waals surface area contributed by atoms with Crippen molar-refractivity contribution in [1.29, 1.82) is 0 Å². The van der Waals surface area contributed by atoms with E-state index in [0.29, 0.717) is 18.2 Å². The quantitative estimate of drug-likeness (QED) is 0.585. The number of aliphatic imine (C=N–C) groups is 1. The van der Waals surface area contributed by atoms with Gasteiger partial charge >= 0.3 is 0 Å². The second-order valence-electron chi connectivity index (χ2n) is 5.75. The highest BCUT2D eigenvalue weighted by Gasteiger charge is 2.20. The average Bonchev–Trinajstić information content (AvgIpc) is 3.20. The van der Waals surface area contributed by atoms with E-state index in [2.05, 4.69) is 37.7 Å². The van der Waals surface area contributed by atoms with Crippen LogP contribution in [0.2, 0.25) is 0 Å². The zero-order chi connectivity index (χ0) is 17.1. The van der Waals surface area contributed by atoms with Crippen molar-refractivity contribution in [3.63, 3.8) is 0 Å². The molecule has 2 aromatic heterocycles. The molecule has 0 spiro atoms. The summed E-state index contributed by atoms with van der Waals surface area (Å²) in [5, 5.41) is 6.88. The predicted molar refractivity (Wildman–Crippen MR) is 112 cm³/mol. The van der Waals surface area contributed by atoms with Crippen LogP contribution in [0.25, 0.3) is 17.1 Å². The molecule has 0 radical (unpaired) electrons. The standard InChI is InChI=1S/C19H17N5O.2ClH/c25-18-16(11-14-12-22-17-15(14)7-4-9-20-17)23-19(24-18)21-10-8-13-5-2-1-3-6-13;;/h1-7,9,11-12H,8,10H2,(H,20,22)(H2,21,23,24,25);2*1H. The summed E-state index contributed by atoms with van der Waals surface area (Å²) in [6.07, 6.45) is 6.18. The molecule has 4 rings (SSSR count). The Morgan fingerprint density at radius 1 is 1.07 bits per heavy atom. The van der Waals surface area contributed by atoms with Crippen molar-refractivity contribution in [3.05, 3.63) is 71.7 Å². The molecule has 1 aliphatic rings. The molecule has 1 aromatic carbocycles. The third-order valence-corrected chi connectivity index (χ3v) is 4.02. The van der Waals surface area contributed by atoms with Crippen LogP contribution in [0.3, 0.4) is 0 Å². The number of aromatic nitrogens is 2. The number of carbonyl (C=O) groups is 1. The molecule has 140 valence electrons. The molecule has 3 heterocycles. The largest absolute Gasteiger partial charge is 0.355 e. The van der Waals surface area contributed by atoms with Crippen molar-refractivity contribution in [1.82, 2.24) is 20.6 Å². The molecule has 0 saturated carbocycles. The van der Waals surface area contributed by atoms with Crippen LogP contribution < -0.4 is 10.6 Å². The van der Waals surface area contributed by atoms with Crippen molar-refractivity contribution in [3.8, 4) is 0 Å². The molecule has 0 fully saturated rings. The lowest BCUT2D eigenvalue weighted by molar-refractivity contribution is -0.115. The monoisotopic (exact) mass is 403 g/mol. The molecule has 8 heteroatoms. The highest BCUT2D eigenvalue weighted by Crippen LogP contribution is 2.20. The first-order valence-corrected chi connectivity index (χ1v) is 8.11. The van der Waals surface area contributed by atoms with E-state index in [1.54, 1.807) is 12.3 Å². The van der Waals surface area contributed by atoms with Crippen LogP contribution in [0.15, 0.2) is 65.5 Å². The van der Waals surface area contributed by atoms with Crippen LogP contribution in [0.5, 0.6) is 0 Å². The molecular formula is C19H19Cl2N5O. The minimum Gasteiger partial charge on any atom is -0.355 e. The van der Waals surface area contributed by atoms with E-state index in [0.717, 1.165) is 23.0 Å². The summed E-state index contributed by atoms with van der Waals surface area (Å²) in [7, 11) is 0. The lowest BCUT2D eigenvalue weighted by atomic mass is 10.1. The second-order valence-corrected chi connectivity index (χ2v) is 5.75. The first kappa shape index (κ1) is 20.5. The van der Waals surface area contributed by atoms with Crippen molar-refractivity contribution in [2.24, 2.45) is 4.99 Å². The number of aromatic amines is 1. The smallest absolute Gasteiger partial charge is 0.276 e. The predicted octanol–water partition coefficient (Wildman–Crippen LogP) is 3.07. The third kappa shape index (κ3) is 4.67. The maximum Gasteiger partial charge on any atom is 0.276 e. The Morgan fingerprint density at radius 2 is 1.89 bits per heavy atom. The van der Waals surface area contributed by atoms with Gasteiger partial charge in [-0.25, -0.2) is 9.98 Å². The lowest BCUT2D eigenvalue weighted by Gasteiger charge is -2.04. The Bertz CT molecular complexity index is 982. The van der Waals surface area contributed by atoms with E-state index in [-0.39, 0.29) is 30.7 Å². The first-order chi connectivity index (χ1) is 12.3. The van der Waals surface area contributed by atoms with E-state index >= 15 is 0 Å². The number of benzene rings is 1. The summed E-state index contributed by atoms with van der Waals surface area (Å²) in [6.45, 7) is 0.702. The number of hydrogen-bond donors (Lipinski definition) is 3. The Kier molecular flexibility index (Phi) is 6.98. The number of nitrogens with one attached hydrogen (secondary N) is 3. The number of rotatable bonds is 4. The van der Waals surface area contributed by atoms with Crippen molar-refractivity contribution in [2.75, 3.05) is 6.54 Å². The fourth-order valence-corrected chi connectivity index (χ4v) is 2.77. The van der Waals surface area contributed by atoms with Crippen LogP contribution in [-0.2, 0) is 11.2 Å². The molecule has 0 atom stereocenters. The Morgan fingerprint density at radius 3 is 2.70 bits per heavy atom. The van der Waals surface area contributed by atoms with Gasteiger partial charge in [0.25, 0.3) is 5.91 Å². The third-order valence-electron chi connectivity index (χ3n) is 4.02. The summed E-state index contributed by atoms with van der Waals surface area (Å²) < 4.78 is 0. The van der Waals surface area contributed by atoms with Crippen molar-refractivity contribution < 1.29 is 4.79 Å². The highest BCUT2D eigenvalue weighted by molar-refractivity contribution is 6.14. The average molecular weight is 404 g/mol. The van der Waals surface area contributed by atoms with Gasteiger partial charge in [0.15, 0.2) is 0 Å². The highest BCUT2D eigenvalue weighted by atomic mass is 35.5. The number of fused-ring (bicyclic) bond motifs is 1. The van der Waals surface area contributed by atoms with Crippen LogP contribution in [0, 0.1) is 0 Å². The van der Waals surface area contributed by atoms with E-state index in [1.807, 2.05) is 36.5 Å². The number of guanidine groups is 1. The molecule has 1 amide bonds. The van der Waals surface area contributed by atoms with Crippen LogP contribution in [0.1, 0.15) is 11.1 Å². The number of pyridine rings is 1. The fraction of sp³-hybridized carbons (Fsp3) is 0.105. The molecular weight excluding hydrogens is 385 g/mol. The van der Waals surface area contributed by atoms with Crippen molar-refractivity contribution in [2.45, 2.75) is 6.42 Å². The van der Waals surface area contributed by atoms with Gasteiger partial charge in [-0.1, -0.05) is 30.3 Å². The number of amides is 1. The minimum absolute atomic E-state index is 0. The van der Waals surface area contributed by atoms with Gasteiger partial charge in [0.2, 0.25) is 5.96 Å². The van der Waals surface area contributed by atoms with Gasteiger partial charge < -0.3 is 10.3 Å². The summed E-state index contributed by atoms with van der Waals surface area (Å²) in [6, 6.07) is 14.0. The van der Waals surface area contributed by atoms with E-state index in [4.69, 9.17) is 0 Å². The SMILES string of the molecule is Cl.Cl.O=C1NC(NCCc2ccccc2)=NC1=Cc1c[nH]c2ncccc12. The molecule has 6 nitrogen and oxygen atoms in total. The van der Waals surface area contributed by atoms with E-state index in [1.165, 1.54) is 5.56 Å². The normalized spacial score (nSPS) is 14.3. The number of halogens is 2. The number of hydrogen-bond acceptors (Lipinski definition) is 4. The maximum absolute atomic E-state index is 12.1. The van der Waals surface area contributed by atoms with Crippen LogP contribution in [0.4, 0.5) is 0 Å². The topological polar surface area (TPSA) is 82.2 Å². The summed E-state index contributed by atoms with van der Waals surface area (Å²) >= 11 is 0. The molecule has 0 unspecified atom stereocenters. The van der Waals surface area contributed by atoms with Gasteiger partial charge in [-0.15, -0.1) is 24.8 Å². The zero-order valence-corrected chi connectivity index (χ0v) is 15.9. The summed E-state index contributed by atoms with van der Waals surface area (Å²) in [5.74, 6) is 0.283. The summed E-state index contributed by atoms with van der Waals surface area (Å²) in [4.78, 5) is 23.8. The van der Waals surface area contributed by atoms with Gasteiger partial charge in [-0.05, 0) is 30.2 Å². The molecule has 3 aromatic rings. The zero-order valence-electron chi connectivity index (χ0n) is 14.3. The van der Waals surface area contributed by atoms with Gasteiger partial charge in [0.05, 0.1) is 0 Å². The van der Waals surface area contributed by atoms with E-state index < -0.39 is 0 Å². The van der Waals surface area contributed by atoms with Gasteiger partial charge in [0, 0.05) is 29.9 Å². The number of carbonyl (C=O) groups excluding carboxylic acids is 1. The van der Waals surface area contributed by atoms with Gasteiger partial charge in [0.1, 0.15) is 11.3 Å². The maximum atomic E-state index is 12.1. The fourth-order valence-electron chi connectivity index (χ4n) is 2.77.